The molecule has 98 valence electrons. The van der Waals surface area contributed by atoms with Crippen molar-refractivity contribution in [2.75, 3.05) is 6.61 Å². The van der Waals surface area contributed by atoms with Crippen molar-refractivity contribution >= 4 is 16.9 Å². The van der Waals surface area contributed by atoms with Crippen LogP contribution >= 0.6 is 0 Å². The highest BCUT2D eigenvalue weighted by Gasteiger charge is 2.03. The molecule has 2 aromatic rings. The number of hydrogen-bond acceptors (Lipinski definition) is 3. The minimum absolute atomic E-state index is 0.244. The van der Waals surface area contributed by atoms with Gasteiger partial charge in [0.25, 0.3) is 0 Å². The van der Waals surface area contributed by atoms with Crippen molar-refractivity contribution in [3.8, 4) is 5.75 Å². The number of aromatic nitrogens is 1. The third-order valence-corrected chi connectivity index (χ3v) is 2.81. The highest BCUT2D eigenvalue weighted by atomic mass is 16.5. The van der Waals surface area contributed by atoms with Gasteiger partial charge < -0.3 is 9.84 Å². The van der Waals surface area contributed by atoms with E-state index >= 15 is 0 Å². The average Bonchev–Trinajstić information content (AvgIpc) is 2.43. The summed E-state index contributed by atoms with van der Waals surface area (Å²) in [6.07, 6.45) is 3.80. The Kier molecular flexibility index (Phi) is 4.13. The van der Waals surface area contributed by atoms with Gasteiger partial charge in [-0.25, -0.2) is 4.79 Å². The molecule has 0 bridgehead atoms. The fraction of sp³-hybridized carbons (Fsp3) is 0.200. The number of rotatable bonds is 5. The van der Waals surface area contributed by atoms with Crippen molar-refractivity contribution in [3.63, 3.8) is 0 Å². The van der Waals surface area contributed by atoms with Gasteiger partial charge in [0.1, 0.15) is 12.4 Å². The molecule has 0 saturated heterocycles. The topological polar surface area (TPSA) is 59.4 Å². The number of fused-ring (bicyclic) bond motifs is 1. The molecule has 1 aromatic heterocycles. The number of aliphatic carboxylic acids is 1. The molecule has 0 unspecified atom stereocenters. The lowest BCUT2D eigenvalue weighted by molar-refractivity contribution is -0.132. The van der Waals surface area contributed by atoms with Crippen molar-refractivity contribution in [3.05, 3.63) is 48.2 Å². The van der Waals surface area contributed by atoms with E-state index in [1.807, 2.05) is 30.3 Å². The van der Waals surface area contributed by atoms with Crippen LogP contribution in [0.1, 0.15) is 13.3 Å². The number of carboxylic acids is 1. The SMILES string of the molecule is CC/C(=C/COc1ccc2cccnc2c1)C(=O)O. The second kappa shape index (κ2) is 6.00. The van der Waals surface area contributed by atoms with Crippen LogP contribution in [-0.2, 0) is 4.79 Å². The van der Waals surface area contributed by atoms with Gasteiger partial charge in [-0.15, -0.1) is 0 Å². The Labute approximate surface area is 111 Å². The molecule has 4 heteroatoms. The first-order valence-electron chi connectivity index (χ1n) is 6.10. The van der Waals surface area contributed by atoms with Gasteiger partial charge in [-0.2, -0.15) is 0 Å². The molecule has 0 radical (unpaired) electrons. The lowest BCUT2D eigenvalue weighted by atomic mass is 10.2. The highest BCUT2D eigenvalue weighted by Crippen LogP contribution is 2.18. The molecule has 1 heterocycles. The van der Waals surface area contributed by atoms with E-state index < -0.39 is 5.97 Å². The fourth-order valence-corrected chi connectivity index (χ4v) is 1.76. The number of pyridine rings is 1. The Morgan fingerprint density at radius 1 is 1.42 bits per heavy atom. The van der Waals surface area contributed by atoms with Gasteiger partial charge in [0, 0.05) is 23.2 Å². The molecule has 0 spiro atoms. The van der Waals surface area contributed by atoms with Gasteiger partial charge in [0.05, 0.1) is 5.52 Å². The zero-order chi connectivity index (χ0) is 13.7. The molecule has 0 aliphatic rings. The lowest BCUT2D eigenvalue weighted by Crippen LogP contribution is -2.02. The van der Waals surface area contributed by atoms with Crippen LogP contribution in [0.5, 0.6) is 5.75 Å². The Morgan fingerprint density at radius 2 is 2.26 bits per heavy atom. The molecule has 0 aliphatic heterocycles. The predicted octanol–water partition coefficient (Wildman–Crippen LogP) is 3.03. The van der Waals surface area contributed by atoms with Crippen LogP contribution in [0, 0.1) is 0 Å². The molecule has 0 atom stereocenters. The maximum absolute atomic E-state index is 10.8. The summed E-state index contributed by atoms with van der Waals surface area (Å²) in [5.41, 5.74) is 1.22. The van der Waals surface area contributed by atoms with Crippen molar-refractivity contribution in [2.45, 2.75) is 13.3 Å². The van der Waals surface area contributed by atoms with E-state index in [-0.39, 0.29) is 6.61 Å². The third kappa shape index (κ3) is 3.31. The first-order chi connectivity index (χ1) is 9.20. The minimum atomic E-state index is -0.897. The molecule has 1 aromatic carbocycles. The van der Waals surface area contributed by atoms with E-state index in [0.717, 1.165) is 10.9 Å². The molecule has 2 rings (SSSR count). The first-order valence-corrected chi connectivity index (χ1v) is 6.10. The van der Waals surface area contributed by atoms with Crippen LogP contribution in [0.3, 0.4) is 0 Å². The Bertz CT molecular complexity index is 620. The van der Waals surface area contributed by atoms with Crippen LogP contribution in [0.2, 0.25) is 0 Å². The molecular formula is C15H15NO3. The van der Waals surface area contributed by atoms with E-state index in [1.54, 1.807) is 19.2 Å². The van der Waals surface area contributed by atoms with E-state index in [4.69, 9.17) is 9.84 Å². The summed E-state index contributed by atoms with van der Waals surface area (Å²) in [6.45, 7) is 2.05. The second-order valence-electron chi connectivity index (χ2n) is 4.06. The third-order valence-electron chi connectivity index (χ3n) is 2.81. The lowest BCUT2D eigenvalue weighted by Gasteiger charge is -2.05. The maximum atomic E-state index is 10.8. The van der Waals surface area contributed by atoms with Crippen LogP contribution < -0.4 is 4.74 Å². The van der Waals surface area contributed by atoms with Gasteiger partial charge in [0.15, 0.2) is 0 Å². The summed E-state index contributed by atoms with van der Waals surface area (Å²) in [5, 5.41) is 9.92. The Balaban J connectivity index is 2.08. The molecule has 0 saturated carbocycles. The quantitative estimate of drug-likeness (QED) is 0.836. The van der Waals surface area contributed by atoms with Gasteiger partial charge in [-0.3, -0.25) is 4.98 Å². The van der Waals surface area contributed by atoms with Crippen molar-refractivity contribution in [1.82, 2.24) is 4.98 Å². The average molecular weight is 257 g/mol. The summed E-state index contributed by atoms with van der Waals surface area (Å²) in [5.74, 6) is -0.213. The Morgan fingerprint density at radius 3 is 3.00 bits per heavy atom. The number of carbonyl (C=O) groups is 1. The summed E-state index contributed by atoms with van der Waals surface area (Å²) < 4.78 is 5.52. The predicted molar refractivity (Wildman–Crippen MR) is 73.2 cm³/mol. The zero-order valence-corrected chi connectivity index (χ0v) is 10.7. The van der Waals surface area contributed by atoms with Crippen molar-refractivity contribution in [2.24, 2.45) is 0 Å². The minimum Gasteiger partial charge on any atom is -0.489 e. The smallest absolute Gasteiger partial charge is 0.331 e. The number of carboxylic acid groups (broad SMARTS) is 1. The second-order valence-corrected chi connectivity index (χ2v) is 4.06. The molecule has 19 heavy (non-hydrogen) atoms. The molecule has 0 fully saturated rings. The number of ether oxygens (including phenoxy) is 1. The van der Waals surface area contributed by atoms with Gasteiger partial charge >= 0.3 is 5.97 Å². The van der Waals surface area contributed by atoms with Crippen LogP contribution in [0.4, 0.5) is 0 Å². The summed E-state index contributed by atoms with van der Waals surface area (Å²) >= 11 is 0. The number of nitrogens with zero attached hydrogens (tertiary/aromatic N) is 1. The van der Waals surface area contributed by atoms with E-state index in [0.29, 0.717) is 17.7 Å². The molecule has 0 aliphatic carbocycles. The molecule has 0 amide bonds. The van der Waals surface area contributed by atoms with Gasteiger partial charge in [-0.1, -0.05) is 13.0 Å². The Hall–Kier alpha value is -2.36. The maximum Gasteiger partial charge on any atom is 0.331 e. The molecular weight excluding hydrogens is 242 g/mol. The monoisotopic (exact) mass is 257 g/mol. The number of hydrogen-bond donors (Lipinski definition) is 1. The summed E-state index contributed by atoms with van der Waals surface area (Å²) in [6, 6.07) is 9.48. The van der Waals surface area contributed by atoms with E-state index in [2.05, 4.69) is 4.98 Å². The van der Waals surface area contributed by atoms with Crippen molar-refractivity contribution < 1.29 is 14.6 Å². The zero-order valence-electron chi connectivity index (χ0n) is 10.7. The molecule has 4 nitrogen and oxygen atoms in total. The van der Waals surface area contributed by atoms with Crippen LogP contribution in [0.15, 0.2) is 48.2 Å². The fourth-order valence-electron chi connectivity index (χ4n) is 1.76. The van der Waals surface area contributed by atoms with Crippen molar-refractivity contribution in [1.29, 1.82) is 0 Å². The van der Waals surface area contributed by atoms with Crippen LogP contribution in [0.25, 0.3) is 10.9 Å². The molecule has 1 N–H and O–H groups in total. The van der Waals surface area contributed by atoms with Gasteiger partial charge in [-0.05, 0) is 30.7 Å². The summed E-state index contributed by atoms with van der Waals surface area (Å²) in [7, 11) is 0. The largest absolute Gasteiger partial charge is 0.489 e. The van der Waals surface area contributed by atoms with E-state index in [1.165, 1.54) is 0 Å². The number of benzene rings is 1. The van der Waals surface area contributed by atoms with Gasteiger partial charge in [0.2, 0.25) is 0 Å². The normalized spacial score (nSPS) is 11.5. The van der Waals surface area contributed by atoms with E-state index in [9.17, 15) is 4.79 Å². The summed E-state index contributed by atoms with van der Waals surface area (Å²) in [4.78, 5) is 15.1. The first kappa shape index (κ1) is 13.1. The van der Waals surface area contributed by atoms with Crippen LogP contribution in [-0.4, -0.2) is 22.7 Å². The highest BCUT2D eigenvalue weighted by molar-refractivity contribution is 5.86. The standard InChI is InChI=1S/C15H15NO3/c1-2-11(15(17)18)7-9-19-13-6-5-12-4-3-8-16-14(12)10-13/h3-8,10H,2,9H2,1H3,(H,17,18)/b11-7-.